The molecule has 0 fully saturated rings. The highest BCUT2D eigenvalue weighted by Crippen LogP contribution is 2.17. The van der Waals surface area contributed by atoms with E-state index in [2.05, 4.69) is 44.0 Å². The Hall–Kier alpha value is -1.06. The van der Waals surface area contributed by atoms with E-state index in [1.165, 1.54) is 16.8 Å². The zero-order valence-electron chi connectivity index (χ0n) is 10.5. The summed E-state index contributed by atoms with van der Waals surface area (Å²) in [6.07, 6.45) is 0. The second-order valence-electron chi connectivity index (χ2n) is 4.17. The van der Waals surface area contributed by atoms with Crippen molar-refractivity contribution in [1.82, 2.24) is 0 Å². The molecule has 0 bridgehead atoms. The van der Waals surface area contributed by atoms with E-state index in [9.17, 15) is 0 Å². The van der Waals surface area contributed by atoms with Crippen LogP contribution in [0.4, 0.5) is 5.69 Å². The van der Waals surface area contributed by atoms with Gasteiger partial charge in [0.15, 0.2) is 0 Å². The van der Waals surface area contributed by atoms with Crippen molar-refractivity contribution in [2.45, 2.75) is 13.8 Å². The van der Waals surface area contributed by atoms with E-state index in [4.69, 9.17) is 10.5 Å². The van der Waals surface area contributed by atoms with Crippen LogP contribution in [0.5, 0.6) is 0 Å². The molecule has 0 aliphatic heterocycles. The number of ether oxygens (including phenoxy) is 1. The third kappa shape index (κ3) is 4.21. The summed E-state index contributed by atoms with van der Waals surface area (Å²) in [5.74, 6) is 0. The lowest BCUT2D eigenvalue weighted by Crippen LogP contribution is -2.23. The molecule has 0 heterocycles. The Morgan fingerprint density at radius 1 is 1.12 bits per heavy atom. The smallest absolute Gasteiger partial charge is 0.0642 e. The molecule has 1 aromatic carbocycles. The van der Waals surface area contributed by atoms with Gasteiger partial charge < -0.3 is 15.4 Å². The maximum absolute atomic E-state index is 5.37. The monoisotopic (exact) mass is 222 g/mol. The van der Waals surface area contributed by atoms with Gasteiger partial charge in [-0.1, -0.05) is 6.07 Å². The van der Waals surface area contributed by atoms with Gasteiger partial charge in [0.1, 0.15) is 0 Å². The van der Waals surface area contributed by atoms with E-state index in [0.717, 1.165) is 13.2 Å². The summed E-state index contributed by atoms with van der Waals surface area (Å²) >= 11 is 0. The molecule has 16 heavy (non-hydrogen) atoms. The predicted molar refractivity (Wildman–Crippen MR) is 69.1 cm³/mol. The van der Waals surface area contributed by atoms with Gasteiger partial charge >= 0.3 is 0 Å². The Bertz CT molecular complexity index is 305. The van der Waals surface area contributed by atoms with Crippen LogP contribution in [-0.4, -0.2) is 33.4 Å². The summed E-state index contributed by atoms with van der Waals surface area (Å²) in [4.78, 5) is 2.20. The van der Waals surface area contributed by atoms with Crippen molar-refractivity contribution >= 4 is 5.69 Å². The molecule has 2 N–H and O–H groups in total. The number of hydrogen-bond acceptors (Lipinski definition) is 3. The van der Waals surface area contributed by atoms with Crippen molar-refractivity contribution in [2.24, 2.45) is 5.73 Å². The van der Waals surface area contributed by atoms with Gasteiger partial charge in [0.25, 0.3) is 0 Å². The maximum Gasteiger partial charge on any atom is 0.0642 e. The van der Waals surface area contributed by atoms with Gasteiger partial charge in [-0.3, -0.25) is 0 Å². The van der Waals surface area contributed by atoms with Crippen molar-refractivity contribution in [3.63, 3.8) is 0 Å². The molecule has 0 unspecified atom stereocenters. The summed E-state index contributed by atoms with van der Waals surface area (Å²) in [7, 11) is 2.08. The van der Waals surface area contributed by atoms with Crippen LogP contribution in [-0.2, 0) is 4.74 Å². The molecule has 0 spiro atoms. The lowest BCUT2D eigenvalue weighted by atomic mass is 10.1. The summed E-state index contributed by atoms with van der Waals surface area (Å²) in [6.45, 7) is 7.09. The Balaban J connectivity index is 2.48. The number of rotatable bonds is 6. The molecule has 0 amide bonds. The van der Waals surface area contributed by atoms with E-state index in [1.54, 1.807) is 0 Å². The molecule has 1 aromatic rings. The van der Waals surface area contributed by atoms with Crippen LogP contribution >= 0.6 is 0 Å². The molecule has 0 atom stereocenters. The zero-order chi connectivity index (χ0) is 12.0. The largest absolute Gasteiger partial charge is 0.378 e. The van der Waals surface area contributed by atoms with Gasteiger partial charge in [-0.05, 0) is 37.1 Å². The molecule has 0 aromatic heterocycles. The quantitative estimate of drug-likeness (QED) is 0.745. The van der Waals surface area contributed by atoms with Crippen LogP contribution in [0, 0.1) is 13.8 Å². The predicted octanol–water partition coefficient (Wildman–Crippen LogP) is 1.71. The molecule has 0 saturated heterocycles. The fourth-order valence-corrected chi connectivity index (χ4v) is 1.69. The molecular weight excluding hydrogens is 200 g/mol. The molecule has 0 saturated carbocycles. The average molecular weight is 222 g/mol. The van der Waals surface area contributed by atoms with Crippen LogP contribution in [0.25, 0.3) is 0 Å². The highest BCUT2D eigenvalue weighted by Gasteiger charge is 2.01. The number of anilines is 1. The molecular formula is C13H22N2O. The second-order valence-corrected chi connectivity index (χ2v) is 4.17. The summed E-state index contributed by atoms with van der Waals surface area (Å²) in [6, 6.07) is 6.56. The first-order chi connectivity index (χ1) is 7.63. The van der Waals surface area contributed by atoms with Crippen LogP contribution in [0.3, 0.4) is 0 Å². The van der Waals surface area contributed by atoms with E-state index < -0.39 is 0 Å². The Kier molecular flexibility index (Phi) is 5.29. The van der Waals surface area contributed by atoms with Gasteiger partial charge in [0.2, 0.25) is 0 Å². The number of nitrogens with two attached hydrogens (primary N) is 1. The molecule has 0 aliphatic rings. The van der Waals surface area contributed by atoms with Gasteiger partial charge in [-0.25, -0.2) is 0 Å². The average Bonchev–Trinajstić information content (AvgIpc) is 2.22. The van der Waals surface area contributed by atoms with Gasteiger partial charge in [0, 0.05) is 25.8 Å². The first-order valence-corrected chi connectivity index (χ1v) is 5.70. The number of hydrogen-bond donors (Lipinski definition) is 1. The third-order valence-corrected chi connectivity index (χ3v) is 2.48. The summed E-state index contributed by atoms with van der Waals surface area (Å²) in [5.41, 5.74) is 9.19. The minimum Gasteiger partial charge on any atom is -0.378 e. The molecule has 0 radical (unpaired) electrons. The molecule has 3 nitrogen and oxygen atoms in total. The molecule has 3 heteroatoms. The van der Waals surface area contributed by atoms with Crippen LogP contribution in [0.1, 0.15) is 11.1 Å². The topological polar surface area (TPSA) is 38.5 Å². The van der Waals surface area contributed by atoms with E-state index in [0.29, 0.717) is 13.2 Å². The van der Waals surface area contributed by atoms with E-state index in [1.807, 2.05) is 0 Å². The number of aryl methyl sites for hydroxylation is 2. The van der Waals surface area contributed by atoms with E-state index in [-0.39, 0.29) is 0 Å². The van der Waals surface area contributed by atoms with Crippen molar-refractivity contribution in [3.05, 3.63) is 29.3 Å². The van der Waals surface area contributed by atoms with Crippen LogP contribution < -0.4 is 10.6 Å². The van der Waals surface area contributed by atoms with Gasteiger partial charge in [-0.2, -0.15) is 0 Å². The Morgan fingerprint density at radius 2 is 1.75 bits per heavy atom. The van der Waals surface area contributed by atoms with Crippen molar-refractivity contribution in [2.75, 3.05) is 38.3 Å². The number of nitrogens with zero attached hydrogens (tertiary/aromatic N) is 1. The highest BCUT2D eigenvalue weighted by atomic mass is 16.5. The minimum atomic E-state index is 0.591. The molecule has 1 rings (SSSR count). The fourth-order valence-electron chi connectivity index (χ4n) is 1.69. The Labute approximate surface area is 98.2 Å². The highest BCUT2D eigenvalue weighted by molar-refractivity contribution is 5.50. The lowest BCUT2D eigenvalue weighted by molar-refractivity contribution is 0.148. The normalized spacial score (nSPS) is 10.5. The van der Waals surface area contributed by atoms with Crippen LogP contribution in [0.15, 0.2) is 18.2 Å². The first kappa shape index (κ1) is 13.0. The van der Waals surface area contributed by atoms with Crippen molar-refractivity contribution in [1.29, 1.82) is 0 Å². The number of benzene rings is 1. The first-order valence-electron chi connectivity index (χ1n) is 5.70. The van der Waals surface area contributed by atoms with Gasteiger partial charge in [0.05, 0.1) is 13.2 Å². The lowest BCUT2D eigenvalue weighted by Gasteiger charge is -2.20. The SMILES string of the molecule is Cc1cc(C)cc(N(C)CCOCCN)c1. The van der Waals surface area contributed by atoms with Crippen molar-refractivity contribution < 1.29 is 4.74 Å². The molecule has 0 aliphatic carbocycles. The maximum atomic E-state index is 5.37. The van der Waals surface area contributed by atoms with Crippen molar-refractivity contribution in [3.8, 4) is 0 Å². The third-order valence-electron chi connectivity index (χ3n) is 2.48. The van der Waals surface area contributed by atoms with Gasteiger partial charge in [-0.15, -0.1) is 0 Å². The van der Waals surface area contributed by atoms with Crippen LogP contribution in [0.2, 0.25) is 0 Å². The van der Waals surface area contributed by atoms with E-state index >= 15 is 0 Å². The second kappa shape index (κ2) is 6.51. The standard InChI is InChI=1S/C13H22N2O/c1-11-8-12(2)10-13(9-11)15(3)5-7-16-6-4-14/h8-10H,4-7,14H2,1-3H3. The Morgan fingerprint density at radius 3 is 2.31 bits per heavy atom. The molecule has 90 valence electrons. The summed E-state index contributed by atoms with van der Waals surface area (Å²) in [5, 5.41) is 0. The fraction of sp³-hybridized carbons (Fsp3) is 0.538. The minimum absolute atomic E-state index is 0.591. The zero-order valence-corrected chi connectivity index (χ0v) is 10.5. The summed E-state index contributed by atoms with van der Waals surface area (Å²) < 4.78 is 5.37. The number of likely N-dealkylation sites (N-methyl/N-ethyl adjacent to an activating group) is 1.